The third-order valence-corrected chi connectivity index (χ3v) is 4.33. The maximum absolute atomic E-state index is 12.0. The zero-order valence-corrected chi connectivity index (χ0v) is 12.6. The van der Waals surface area contributed by atoms with Gasteiger partial charge in [-0.15, -0.1) is 11.6 Å². The highest BCUT2D eigenvalue weighted by atomic mass is 35.5. The molecule has 6 heteroatoms. The molecule has 1 rings (SSSR count). The Kier molecular flexibility index (Phi) is 7.38. The van der Waals surface area contributed by atoms with E-state index in [1.165, 1.54) is 0 Å². The SMILES string of the molecule is COCC(CCCl)NS(=O)(=O)CCc1ccccc1. The van der Waals surface area contributed by atoms with Crippen LogP contribution in [-0.2, 0) is 21.2 Å². The summed E-state index contributed by atoms with van der Waals surface area (Å²) in [4.78, 5) is 0. The molecule has 1 aromatic rings. The van der Waals surface area contributed by atoms with Crippen LogP contribution in [0.15, 0.2) is 30.3 Å². The number of halogens is 1. The van der Waals surface area contributed by atoms with Crippen LogP contribution in [0.5, 0.6) is 0 Å². The quantitative estimate of drug-likeness (QED) is 0.708. The highest BCUT2D eigenvalue weighted by Gasteiger charge is 2.17. The largest absolute Gasteiger partial charge is 0.383 e. The first kappa shape index (κ1) is 16.4. The molecular weight excluding hydrogens is 286 g/mol. The number of sulfonamides is 1. The van der Waals surface area contributed by atoms with Crippen molar-refractivity contribution in [3.05, 3.63) is 35.9 Å². The summed E-state index contributed by atoms with van der Waals surface area (Å²) in [5, 5.41) is 0. The zero-order chi connectivity index (χ0) is 14.1. The molecule has 0 fully saturated rings. The Bertz CT molecular complexity index is 444. The lowest BCUT2D eigenvalue weighted by molar-refractivity contribution is 0.173. The van der Waals surface area contributed by atoms with Crippen molar-refractivity contribution in [3.8, 4) is 0 Å². The van der Waals surface area contributed by atoms with Gasteiger partial charge in [0.15, 0.2) is 0 Å². The van der Waals surface area contributed by atoms with Gasteiger partial charge in [-0.05, 0) is 18.4 Å². The second-order valence-corrected chi connectivity index (χ2v) is 6.55. The van der Waals surface area contributed by atoms with Crippen molar-refractivity contribution >= 4 is 21.6 Å². The first-order chi connectivity index (χ1) is 9.07. The average Bonchev–Trinajstić information content (AvgIpc) is 2.38. The van der Waals surface area contributed by atoms with E-state index in [4.69, 9.17) is 16.3 Å². The minimum absolute atomic E-state index is 0.0690. The van der Waals surface area contributed by atoms with Gasteiger partial charge in [0.25, 0.3) is 0 Å². The third kappa shape index (κ3) is 6.92. The highest BCUT2D eigenvalue weighted by molar-refractivity contribution is 7.89. The van der Waals surface area contributed by atoms with Gasteiger partial charge in [-0.1, -0.05) is 30.3 Å². The maximum atomic E-state index is 12.0. The standard InChI is InChI=1S/C13H20ClNO3S/c1-18-11-13(7-9-14)15-19(16,17)10-8-12-5-3-2-4-6-12/h2-6,13,15H,7-11H2,1H3. The summed E-state index contributed by atoms with van der Waals surface area (Å²) in [5.41, 5.74) is 1.01. The van der Waals surface area contributed by atoms with Crippen molar-refractivity contribution in [1.82, 2.24) is 4.72 Å². The fourth-order valence-electron chi connectivity index (χ4n) is 1.72. The monoisotopic (exact) mass is 305 g/mol. The van der Waals surface area contributed by atoms with Crippen LogP contribution in [0.3, 0.4) is 0 Å². The molecular formula is C13H20ClNO3S. The van der Waals surface area contributed by atoms with Gasteiger partial charge in [0.05, 0.1) is 12.4 Å². The molecule has 0 saturated carbocycles. The smallest absolute Gasteiger partial charge is 0.212 e. The lowest BCUT2D eigenvalue weighted by Crippen LogP contribution is -2.39. The molecule has 0 spiro atoms. The highest BCUT2D eigenvalue weighted by Crippen LogP contribution is 2.03. The van der Waals surface area contributed by atoms with Gasteiger partial charge >= 0.3 is 0 Å². The maximum Gasteiger partial charge on any atom is 0.212 e. The molecule has 0 saturated heterocycles. The average molecular weight is 306 g/mol. The van der Waals surface area contributed by atoms with Crippen LogP contribution in [0.4, 0.5) is 0 Å². The van der Waals surface area contributed by atoms with Crippen LogP contribution in [0.25, 0.3) is 0 Å². The molecule has 0 aliphatic heterocycles. The van der Waals surface area contributed by atoms with E-state index >= 15 is 0 Å². The molecule has 1 atom stereocenters. The molecule has 0 bridgehead atoms. The van der Waals surface area contributed by atoms with E-state index in [1.807, 2.05) is 30.3 Å². The first-order valence-electron chi connectivity index (χ1n) is 6.16. The van der Waals surface area contributed by atoms with Crippen LogP contribution in [0.1, 0.15) is 12.0 Å². The number of nitrogens with one attached hydrogen (secondary N) is 1. The van der Waals surface area contributed by atoms with Gasteiger partial charge in [-0.3, -0.25) is 0 Å². The Morgan fingerprint density at radius 1 is 1.32 bits per heavy atom. The summed E-state index contributed by atoms with van der Waals surface area (Å²) in [6.45, 7) is 0.331. The Labute approximate surface area is 120 Å². The fourth-order valence-corrected chi connectivity index (χ4v) is 3.30. The molecule has 19 heavy (non-hydrogen) atoms. The molecule has 0 aliphatic rings. The Morgan fingerprint density at radius 3 is 2.58 bits per heavy atom. The number of aryl methyl sites for hydroxylation is 1. The van der Waals surface area contributed by atoms with Crippen LogP contribution < -0.4 is 4.72 Å². The molecule has 0 aliphatic carbocycles. The van der Waals surface area contributed by atoms with Crippen molar-refractivity contribution in [2.24, 2.45) is 0 Å². The molecule has 1 N–H and O–H groups in total. The predicted octanol–water partition coefficient (Wildman–Crippen LogP) is 1.79. The number of hydrogen-bond acceptors (Lipinski definition) is 3. The van der Waals surface area contributed by atoms with Gasteiger partial charge < -0.3 is 4.74 Å². The number of methoxy groups -OCH3 is 1. The molecule has 1 unspecified atom stereocenters. The molecule has 0 aromatic heterocycles. The van der Waals surface area contributed by atoms with Crippen molar-refractivity contribution in [2.45, 2.75) is 18.9 Å². The lowest BCUT2D eigenvalue weighted by atomic mass is 10.2. The van der Waals surface area contributed by atoms with E-state index in [0.29, 0.717) is 25.3 Å². The van der Waals surface area contributed by atoms with E-state index < -0.39 is 10.0 Å². The molecule has 4 nitrogen and oxygen atoms in total. The minimum atomic E-state index is -3.31. The van der Waals surface area contributed by atoms with Gasteiger partial charge in [0.1, 0.15) is 0 Å². The van der Waals surface area contributed by atoms with Crippen LogP contribution >= 0.6 is 11.6 Å². The molecule has 1 aromatic carbocycles. The summed E-state index contributed by atoms with van der Waals surface area (Å²) in [6.07, 6.45) is 1.05. The number of alkyl halides is 1. The second-order valence-electron chi connectivity index (χ2n) is 4.30. The Balaban J connectivity index is 2.50. The molecule has 0 radical (unpaired) electrons. The number of hydrogen-bond donors (Lipinski definition) is 1. The van der Waals surface area contributed by atoms with Gasteiger partial charge in [-0.2, -0.15) is 0 Å². The summed E-state index contributed by atoms with van der Waals surface area (Å²) >= 11 is 5.64. The van der Waals surface area contributed by atoms with Crippen molar-refractivity contribution in [1.29, 1.82) is 0 Å². The van der Waals surface area contributed by atoms with Crippen molar-refractivity contribution < 1.29 is 13.2 Å². The number of rotatable bonds is 9. The lowest BCUT2D eigenvalue weighted by Gasteiger charge is -2.16. The van der Waals surface area contributed by atoms with Crippen LogP contribution in [0, 0.1) is 0 Å². The molecule has 0 heterocycles. The van der Waals surface area contributed by atoms with Crippen molar-refractivity contribution in [2.75, 3.05) is 25.3 Å². The predicted molar refractivity (Wildman–Crippen MR) is 78.1 cm³/mol. The topological polar surface area (TPSA) is 55.4 Å². The van der Waals surface area contributed by atoms with E-state index in [1.54, 1.807) is 7.11 Å². The first-order valence-corrected chi connectivity index (χ1v) is 8.35. The molecule has 0 amide bonds. The normalized spacial score (nSPS) is 13.4. The molecule has 108 valence electrons. The van der Waals surface area contributed by atoms with E-state index in [0.717, 1.165) is 5.56 Å². The van der Waals surface area contributed by atoms with Gasteiger partial charge in [0.2, 0.25) is 10.0 Å². The minimum Gasteiger partial charge on any atom is -0.383 e. The summed E-state index contributed by atoms with van der Waals surface area (Å²) in [6, 6.07) is 9.28. The Hall–Kier alpha value is -0.620. The zero-order valence-electron chi connectivity index (χ0n) is 11.0. The number of benzene rings is 1. The third-order valence-electron chi connectivity index (χ3n) is 2.67. The fraction of sp³-hybridized carbons (Fsp3) is 0.538. The van der Waals surface area contributed by atoms with E-state index in [9.17, 15) is 8.42 Å². The van der Waals surface area contributed by atoms with Crippen LogP contribution in [0.2, 0.25) is 0 Å². The second kappa shape index (κ2) is 8.53. The Morgan fingerprint density at radius 2 is 2.00 bits per heavy atom. The van der Waals surface area contributed by atoms with E-state index in [-0.39, 0.29) is 11.8 Å². The van der Waals surface area contributed by atoms with Crippen molar-refractivity contribution in [3.63, 3.8) is 0 Å². The summed E-state index contributed by atoms with van der Waals surface area (Å²) in [5.74, 6) is 0.467. The summed E-state index contributed by atoms with van der Waals surface area (Å²) in [7, 11) is -1.77. The summed E-state index contributed by atoms with van der Waals surface area (Å²) < 4.78 is 31.5. The van der Waals surface area contributed by atoms with Gasteiger partial charge in [0, 0.05) is 19.0 Å². The van der Waals surface area contributed by atoms with Gasteiger partial charge in [-0.25, -0.2) is 13.1 Å². The van der Waals surface area contributed by atoms with E-state index in [2.05, 4.69) is 4.72 Å². The van der Waals surface area contributed by atoms with Crippen LogP contribution in [-0.4, -0.2) is 39.8 Å². The number of ether oxygens (including phenoxy) is 1.